The maximum Gasteiger partial charge on any atom is 0.291 e. The second-order valence-corrected chi connectivity index (χ2v) is 6.65. The fourth-order valence-corrected chi connectivity index (χ4v) is 3.81. The second-order valence-electron chi connectivity index (χ2n) is 5.75. The van der Waals surface area contributed by atoms with Gasteiger partial charge in [-0.3, -0.25) is 14.0 Å². The van der Waals surface area contributed by atoms with Crippen molar-refractivity contribution in [2.45, 2.75) is 38.8 Å². The molecule has 0 atom stereocenters. The minimum absolute atomic E-state index is 0.0223. The van der Waals surface area contributed by atoms with Crippen LogP contribution in [0.15, 0.2) is 22.3 Å². The summed E-state index contributed by atoms with van der Waals surface area (Å²) in [5.74, 6) is 0.569. The molecule has 0 aromatic carbocycles. The van der Waals surface area contributed by atoms with Gasteiger partial charge in [-0.05, 0) is 43.7 Å². The number of hydrogen-bond donors (Lipinski definition) is 1. The van der Waals surface area contributed by atoms with Gasteiger partial charge in [0.25, 0.3) is 5.56 Å². The number of carbonyl (C=O) groups excluding carboxylic acids is 1. The van der Waals surface area contributed by atoms with Gasteiger partial charge in [0.1, 0.15) is 22.7 Å². The molecule has 7 heteroatoms. The van der Waals surface area contributed by atoms with Crippen LogP contribution in [-0.2, 0) is 11.3 Å². The number of thiophene rings is 1. The van der Waals surface area contributed by atoms with Gasteiger partial charge in [-0.2, -0.15) is 5.10 Å². The Labute approximate surface area is 130 Å². The zero-order valence-corrected chi connectivity index (χ0v) is 13.0. The molecule has 0 saturated heterocycles. The van der Waals surface area contributed by atoms with Crippen molar-refractivity contribution in [1.82, 2.24) is 19.5 Å². The molecular formula is C15H16N4O2S. The van der Waals surface area contributed by atoms with E-state index in [1.54, 1.807) is 11.3 Å². The van der Waals surface area contributed by atoms with Crippen molar-refractivity contribution in [1.29, 1.82) is 0 Å². The van der Waals surface area contributed by atoms with Crippen LogP contribution in [0.1, 0.15) is 25.1 Å². The SMILES string of the molecule is Cc1nn(CC(=O)NC2CCC2)c(=O)c2cc3ccsc3n12. The highest BCUT2D eigenvalue weighted by Gasteiger charge is 2.20. The average Bonchev–Trinajstić information content (AvgIpc) is 3.00. The Morgan fingerprint density at radius 1 is 1.50 bits per heavy atom. The summed E-state index contributed by atoms with van der Waals surface area (Å²) in [6.07, 6.45) is 3.22. The van der Waals surface area contributed by atoms with Crippen LogP contribution in [0.2, 0.25) is 0 Å². The molecule has 114 valence electrons. The van der Waals surface area contributed by atoms with E-state index in [0.717, 1.165) is 29.5 Å². The molecule has 0 spiro atoms. The summed E-state index contributed by atoms with van der Waals surface area (Å²) in [5.41, 5.74) is 0.351. The molecule has 1 amide bonds. The standard InChI is InChI=1S/C15H16N4O2S/c1-9-17-18(8-13(20)16-11-3-2-4-11)14(21)12-7-10-5-6-22-15(10)19(9)12/h5-7,11H,2-4,8H2,1H3,(H,16,20). The van der Waals surface area contributed by atoms with Crippen molar-refractivity contribution in [3.8, 4) is 0 Å². The summed E-state index contributed by atoms with van der Waals surface area (Å²) >= 11 is 1.58. The van der Waals surface area contributed by atoms with Gasteiger partial charge in [-0.1, -0.05) is 0 Å². The lowest BCUT2D eigenvalue weighted by molar-refractivity contribution is -0.123. The third-order valence-corrected chi connectivity index (χ3v) is 5.13. The Morgan fingerprint density at radius 3 is 3.05 bits per heavy atom. The molecule has 1 saturated carbocycles. The molecular weight excluding hydrogens is 300 g/mol. The third-order valence-electron chi connectivity index (χ3n) is 4.22. The van der Waals surface area contributed by atoms with Gasteiger partial charge in [-0.25, -0.2) is 4.68 Å². The second kappa shape index (κ2) is 4.95. The number of rotatable bonds is 3. The molecule has 0 radical (unpaired) electrons. The third kappa shape index (κ3) is 2.04. The first-order valence-corrected chi connectivity index (χ1v) is 8.27. The fraction of sp³-hybridized carbons (Fsp3) is 0.400. The van der Waals surface area contributed by atoms with Crippen molar-refractivity contribution >= 4 is 33.0 Å². The summed E-state index contributed by atoms with van der Waals surface area (Å²) in [4.78, 5) is 25.6. The molecule has 4 rings (SSSR count). The van der Waals surface area contributed by atoms with E-state index in [4.69, 9.17) is 0 Å². The molecule has 22 heavy (non-hydrogen) atoms. The minimum atomic E-state index is -0.224. The molecule has 0 aliphatic heterocycles. The topological polar surface area (TPSA) is 68.4 Å². The van der Waals surface area contributed by atoms with Crippen LogP contribution >= 0.6 is 11.3 Å². The number of hydrogen-bond acceptors (Lipinski definition) is 4. The smallest absolute Gasteiger partial charge is 0.291 e. The first-order chi connectivity index (χ1) is 10.6. The predicted molar refractivity (Wildman–Crippen MR) is 85.4 cm³/mol. The van der Waals surface area contributed by atoms with Gasteiger partial charge in [0.2, 0.25) is 5.91 Å². The molecule has 0 unspecified atom stereocenters. The van der Waals surface area contributed by atoms with Crippen molar-refractivity contribution < 1.29 is 4.79 Å². The van der Waals surface area contributed by atoms with E-state index < -0.39 is 0 Å². The zero-order valence-electron chi connectivity index (χ0n) is 12.2. The summed E-state index contributed by atoms with van der Waals surface area (Å²) in [5, 5.41) is 10.3. The Balaban J connectivity index is 1.73. The van der Waals surface area contributed by atoms with Gasteiger partial charge in [-0.15, -0.1) is 11.3 Å². The number of carbonyl (C=O) groups is 1. The normalized spacial score (nSPS) is 15.3. The van der Waals surface area contributed by atoms with Crippen LogP contribution in [-0.4, -0.2) is 26.1 Å². The number of aryl methyl sites for hydroxylation is 1. The highest BCUT2D eigenvalue weighted by Crippen LogP contribution is 2.24. The average molecular weight is 316 g/mol. The Hall–Kier alpha value is -2.15. The van der Waals surface area contributed by atoms with Gasteiger partial charge in [0.05, 0.1) is 0 Å². The Morgan fingerprint density at radius 2 is 2.32 bits per heavy atom. The summed E-state index contributed by atoms with van der Waals surface area (Å²) in [7, 11) is 0. The van der Waals surface area contributed by atoms with Crippen LogP contribution in [0.3, 0.4) is 0 Å². The molecule has 1 aliphatic rings. The Kier molecular flexibility index (Phi) is 3.04. The fourth-order valence-electron chi connectivity index (χ4n) is 2.87. The molecule has 3 aromatic heterocycles. The minimum Gasteiger partial charge on any atom is -0.352 e. The predicted octanol–water partition coefficient (Wildman–Crippen LogP) is 1.69. The van der Waals surface area contributed by atoms with E-state index >= 15 is 0 Å². The quantitative estimate of drug-likeness (QED) is 0.799. The molecule has 3 heterocycles. The lowest BCUT2D eigenvalue weighted by atomic mass is 9.93. The number of aromatic nitrogens is 3. The van der Waals surface area contributed by atoms with Gasteiger partial charge >= 0.3 is 0 Å². The van der Waals surface area contributed by atoms with Gasteiger partial charge < -0.3 is 5.32 Å². The summed E-state index contributed by atoms with van der Waals surface area (Å²) < 4.78 is 3.13. The molecule has 1 N–H and O–H groups in total. The van der Waals surface area contributed by atoms with E-state index in [2.05, 4.69) is 10.4 Å². The molecule has 0 bridgehead atoms. The van der Waals surface area contributed by atoms with E-state index in [1.165, 1.54) is 4.68 Å². The van der Waals surface area contributed by atoms with Crippen LogP contribution in [0.5, 0.6) is 0 Å². The van der Waals surface area contributed by atoms with Crippen LogP contribution in [0.4, 0.5) is 0 Å². The Bertz CT molecular complexity index is 932. The van der Waals surface area contributed by atoms with Crippen molar-refractivity contribution in [3.63, 3.8) is 0 Å². The van der Waals surface area contributed by atoms with Crippen molar-refractivity contribution in [2.75, 3.05) is 0 Å². The lowest BCUT2D eigenvalue weighted by Gasteiger charge is -2.26. The number of nitrogens with one attached hydrogen (secondary N) is 1. The summed E-state index contributed by atoms with van der Waals surface area (Å²) in [6.45, 7) is 1.83. The molecule has 1 fully saturated rings. The largest absolute Gasteiger partial charge is 0.352 e. The molecule has 1 aliphatic carbocycles. The van der Waals surface area contributed by atoms with Gasteiger partial charge in [0, 0.05) is 11.4 Å². The van der Waals surface area contributed by atoms with Crippen LogP contribution in [0, 0.1) is 6.92 Å². The van der Waals surface area contributed by atoms with Gasteiger partial charge in [0.15, 0.2) is 0 Å². The molecule has 6 nitrogen and oxygen atoms in total. The maximum absolute atomic E-state index is 12.6. The monoisotopic (exact) mass is 316 g/mol. The van der Waals surface area contributed by atoms with E-state index in [1.807, 2.05) is 28.8 Å². The number of fused-ring (bicyclic) bond motifs is 3. The number of amides is 1. The number of nitrogens with zero attached hydrogens (tertiary/aromatic N) is 3. The lowest BCUT2D eigenvalue weighted by Crippen LogP contribution is -2.43. The summed E-state index contributed by atoms with van der Waals surface area (Å²) in [6, 6.07) is 4.12. The molecule has 3 aromatic rings. The first kappa shape index (κ1) is 13.5. The van der Waals surface area contributed by atoms with Crippen molar-refractivity contribution in [2.24, 2.45) is 0 Å². The van der Waals surface area contributed by atoms with Crippen molar-refractivity contribution in [3.05, 3.63) is 33.7 Å². The first-order valence-electron chi connectivity index (χ1n) is 7.39. The van der Waals surface area contributed by atoms with E-state index in [0.29, 0.717) is 11.3 Å². The zero-order chi connectivity index (χ0) is 15.3. The van der Waals surface area contributed by atoms with E-state index in [9.17, 15) is 9.59 Å². The highest BCUT2D eigenvalue weighted by atomic mass is 32.1. The van der Waals surface area contributed by atoms with E-state index in [-0.39, 0.29) is 24.1 Å². The maximum atomic E-state index is 12.6. The van der Waals surface area contributed by atoms with Crippen LogP contribution in [0.25, 0.3) is 15.7 Å². The van der Waals surface area contributed by atoms with Crippen LogP contribution < -0.4 is 10.9 Å². The highest BCUT2D eigenvalue weighted by molar-refractivity contribution is 7.16.